The molecule has 0 amide bonds. The number of nitrogens with zero attached hydrogens (tertiary/aromatic N) is 2. The number of nitrogens with two attached hydrogens (primary N) is 1. The molecule has 104 valence electrons. The molecule has 6 nitrogen and oxygen atoms in total. The van der Waals surface area contributed by atoms with Crippen LogP contribution in [0.5, 0.6) is 0 Å². The Morgan fingerprint density at radius 3 is 2.68 bits per heavy atom. The summed E-state index contributed by atoms with van der Waals surface area (Å²) < 4.78 is 0. The second-order valence-corrected chi connectivity index (χ2v) is 4.86. The van der Waals surface area contributed by atoms with E-state index >= 15 is 0 Å². The van der Waals surface area contributed by atoms with E-state index in [-0.39, 0.29) is 18.0 Å². The van der Waals surface area contributed by atoms with Gasteiger partial charge in [-0.2, -0.15) is 0 Å². The number of anilines is 2. The Hall–Kier alpha value is -1.82. The molecule has 6 heteroatoms. The maximum atomic E-state index is 10.8. The summed E-state index contributed by atoms with van der Waals surface area (Å²) in [7, 11) is 0. The SMILES string of the molecule is Nc1cc(N(CCCO)C2CCC2)ccc1[N+](=O)[O-]. The zero-order chi connectivity index (χ0) is 13.8. The predicted molar refractivity (Wildman–Crippen MR) is 74.2 cm³/mol. The van der Waals surface area contributed by atoms with Crippen molar-refractivity contribution in [2.75, 3.05) is 23.8 Å². The van der Waals surface area contributed by atoms with E-state index < -0.39 is 4.92 Å². The summed E-state index contributed by atoms with van der Waals surface area (Å²) in [5.41, 5.74) is 6.77. The van der Waals surface area contributed by atoms with Gasteiger partial charge in [0.25, 0.3) is 5.69 Å². The van der Waals surface area contributed by atoms with Gasteiger partial charge in [-0.15, -0.1) is 0 Å². The minimum atomic E-state index is -0.472. The Bertz CT molecular complexity index is 460. The summed E-state index contributed by atoms with van der Waals surface area (Å²) in [6.07, 6.45) is 4.15. The first-order valence-corrected chi connectivity index (χ1v) is 6.55. The zero-order valence-electron chi connectivity index (χ0n) is 10.8. The van der Waals surface area contributed by atoms with Crippen LogP contribution in [0.3, 0.4) is 0 Å². The summed E-state index contributed by atoms with van der Waals surface area (Å²) in [6.45, 7) is 0.893. The molecule has 0 spiro atoms. The van der Waals surface area contributed by atoms with Crippen molar-refractivity contribution >= 4 is 17.1 Å². The van der Waals surface area contributed by atoms with Crippen molar-refractivity contribution < 1.29 is 10.0 Å². The average Bonchev–Trinajstić information content (AvgIpc) is 2.31. The van der Waals surface area contributed by atoms with E-state index in [1.54, 1.807) is 12.1 Å². The van der Waals surface area contributed by atoms with Gasteiger partial charge in [-0.25, -0.2) is 0 Å². The van der Waals surface area contributed by atoms with Gasteiger partial charge in [0, 0.05) is 30.9 Å². The lowest BCUT2D eigenvalue weighted by atomic mass is 9.91. The van der Waals surface area contributed by atoms with E-state index in [0.717, 1.165) is 25.1 Å². The molecule has 0 unspecified atom stereocenters. The maximum absolute atomic E-state index is 10.8. The minimum Gasteiger partial charge on any atom is -0.396 e. The van der Waals surface area contributed by atoms with Crippen LogP contribution >= 0.6 is 0 Å². The predicted octanol–water partition coefficient (Wildman–Crippen LogP) is 1.92. The first-order valence-electron chi connectivity index (χ1n) is 6.55. The molecule has 0 aromatic heterocycles. The molecular weight excluding hydrogens is 246 g/mol. The normalized spacial score (nSPS) is 15.0. The van der Waals surface area contributed by atoms with Crippen molar-refractivity contribution in [2.24, 2.45) is 0 Å². The lowest BCUT2D eigenvalue weighted by Crippen LogP contribution is -2.41. The Balaban J connectivity index is 2.20. The third-order valence-corrected chi connectivity index (χ3v) is 3.61. The van der Waals surface area contributed by atoms with E-state index in [1.807, 2.05) is 0 Å². The van der Waals surface area contributed by atoms with E-state index in [9.17, 15) is 10.1 Å². The van der Waals surface area contributed by atoms with Crippen LogP contribution in [-0.4, -0.2) is 29.2 Å². The molecule has 0 radical (unpaired) electrons. The van der Waals surface area contributed by atoms with Gasteiger partial charge < -0.3 is 15.7 Å². The fourth-order valence-electron chi connectivity index (χ4n) is 2.35. The lowest BCUT2D eigenvalue weighted by molar-refractivity contribution is -0.383. The number of hydrogen-bond donors (Lipinski definition) is 2. The standard InChI is InChI=1S/C13H19N3O3/c14-12-9-11(5-6-13(12)16(18)19)15(7-2-8-17)10-3-1-4-10/h5-6,9-10,17H,1-4,7-8,14H2. The summed E-state index contributed by atoms with van der Waals surface area (Å²) in [6, 6.07) is 5.32. The van der Waals surface area contributed by atoms with Crippen molar-refractivity contribution in [1.29, 1.82) is 0 Å². The molecule has 3 N–H and O–H groups in total. The summed E-state index contributed by atoms with van der Waals surface area (Å²) in [4.78, 5) is 12.5. The van der Waals surface area contributed by atoms with Crippen LogP contribution in [0.1, 0.15) is 25.7 Å². The monoisotopic (exact) mass is 265 g/mol. The molecular formula is C13H19N3O3. The quantitative estimate of drug-likeness (QED) is 0.465. The van der Waals surface area contributed by atoms with E-state index in [4.69, 9.17) is 10.8 Å². The molecule has 2 rings (SSSR count). The summed E-state index contributed by atoms with van der Waals surface area (Å²) >= 11 is 0. The highest BCUT2D eigenvalue weighted by molar-refractivity contribution is 5.67. The molecule has 1 aliphatic rings. The Labute approximate surface area is 112 Å². The number of nitro benzene ring substituents is 1. The van der Waals surface area contributed by atoms with Crippen LogP contribution in [0.25, 0.3) is 0 Å². The van der Waals surface area contributed by atoms with Crippen LogP contribution in [-0.2, 0) is 0 Å². The first-order chi connectivity index (χ1) is 9.13. The maximum Gasteiger partial charge on any atom is 0.292 e. The van der Waals surface area contributed by atoms with E-state index in [1.165, 1.54) is 12.5 Å². The number of aliphatic hydroxyl groups excluding tert-OH is 1. The highest BCUT2D eigenvalue weighted by Crippen LogP contribution is 2.33. The number of aliphatic hydroxyl groups is 1. The lowest BCUT2D eigenvalue weighted by Gasteiger charge is -2.39. The van der Waals surface area contributed by atoms with E-state index in [2.05, 4.69) is 4.90 Å². The molecule has 0 heterocycles. The van der Waals surface area contributed by atoms with Gasteiger partial charge in [0.15, 0.2) is 0 Å². The van der Waals surface area contributed by atoms with Crippen LogP contribution in [0.2, 0.25) is 0 Å². The van der Waals surface area contributed by atoms with Crippen LogP contribution in [0.15, 0.2) is 18.2 Å². The second-order valence-electron chi connectivity index (χ2n) is 4.86. The molecule has 0 bridgehead atoms. The molecule has 1 saturated carbocycles. The van der Waals surface area contributed by atoms with Crippen molar-refractivity contribution in [3.05, 3.63) is 28.3 Å². The Kier molecular flexibility index (Phi) is 4.21. The molecule has 1 aromatic rings. The molecule has 1 aromatic carbocycles. The van der Waals surface area contributed by atoms with Crippen LogP contribution < -0.4 is 10.6 Å². The van der Waals surface area contributed by atoms with Gasteiger partial charge in [0.05, 0.1) is 4.92 Å². The molecule has 0 saturated heterocycles. The second kappa shape index (κ2) is 5.88. The zero-order valence-corrected chi connectivity index (χ0v) is 10.8. The van der Waals surface area contributed by atoms with Crippen LogP contribution in [0.4, 0.5) is 17.1 Å². The van der Waals surface area contributed by atoms with Crippen molar-refractivity contribution in [3.63, 3.8) is 0 Å². The van der Waals surface area contributed by atoms with Gasteiger partial charge in [0.1, 0.15) is 5.69 Å². The van der Waals surface area contributed by atoms with Gasteiger partial charge in [-0.3, -0.25) is 10.1 Å². The first kappa shape index (κ1) is 13.6. The van der Waals surface area contributed by atoms with Crippen molar-refractivity contribution in [3.8, 4) is 0 Å². The minimum absolute atomic E-state index is 0.0560. The topological polar surface area (TPSA) is 92.6 Å². The summed E-state index contributed by atoms with van der Waals surface area (Å²) in [5.74, 6) is 0. The number of nitrogen functional groups attached to an aromatic ring is 1. The molecule has 0 aliphatic heterocycles. The van der Waals surface area contributed by atoms with Crippen LogP contribution in [0, 0.1) is 10.1 Å². The molecule has 1 fully saturated rings. The van der Waals surface area contributed by atoms with Gasteiger partial charge in [-0.05, 0) is 37.8 Å². The molecule has 0 atom stereocenters. The van der Waals surface area contributed by atoms with Crippen molar-refractivity contribution in [2.45, 2.75) is 31.7 Å². The number of nitro groups is 1. The number of hydrogen-bond acceptors (Lipinski definition) is 5. The third-order valence-electron chi connectivity index (χ3n) is 3.61. The third kappa shape index (κ3) is 2.96. The highest BCUT2D eigenvalue weighted by atomic mass is 16.6. The molecule has 1 aliphatic carbocycles. The van der Waals surface area contributed by atoms with Gasteiger partial charge >= 0.3 is 0 Å². The van der Waals surface area contributed by atoms with Crippen molar-refractivity contribution in [1.82, 2.24) is 0 Å². The fraction of sp³-hybridized carbons (Fsp3) is 0.538. The smallest absolute Gasteiger partial charge is 0.292 e. The fourth-order valence-corrected chi connectivity index (χ4v) is 2.35. The highest BCUT2D eigenvalue weighted by Gasteiger charge is 2.25. The number of rotatable bonds is 6. The van der Waals surface area contributed by atoms with E-state index in [0.29, 0.717) is 12.5 Å². The largest absolute Gasteiger partial charge is 0.396 e. The number of benzene rings is 1. The Morgan fingerprint density at radius 1 is 1.47 bits per heavy atom. The van der Waals surface area contributed by atoms with Gasteiger partial charge in [-0.1, -0.05) is 0 Å². The Morgan fingerprint density at radius 2 is 2.21 bits per heavy atom. The van der Waals surface area contributed by atoms with Gasteiger partial charge in [0.2, 0.25) is 0 Å². The average molecular weight is 265 g/mol. The summed E-state index contributed by atoms with van der Waals surface area (Å²) in [5, 5.41) is 19.7. The molecule has 19 heavy (non-hydrogen) atoms.